The highest BCUT2D eigenvalue weighted by atomic mass is 16.4. The third kappa shape index (κ3) is 2.35. The van der Waals surface area contributed by atoms with Crippen LogP contribution >= 0.6 is 0 Å². The molecule has 1 unspecified atom stereocenters. The fourth-order valence-corrected chi connectivity index (χ4v) is 2.47. The van der Waals surface area contributed by atoms with E-state index in [1.54, 1.807) is 17.7 Å². The standard InChI is InChI=1S/C17H17N3O2/c1-10-4-6-13(7-5-10)15-19-14-8-11(2)9-18-16(14)20(15)12(3)17(21)22/h4-9,12H,1-3H3,(H,21,22). The van der Waals surface area contributed by atoms with Crippen LogP contribution in [0.3, 0.4) is 0 Å². The molecule has 1 aromatic carbocycles. The predicted molar refractivity (Wildman–Crippen MR) is 84.8 cm³/mol. The summed E-state index contributed by atoms with van der Waals surface area (Å²) in [5.41, 5.74) is 4.33. The van der Waals surface area contributed by atoms with Crippen LogP contribution in [0.5, 0.6) is 0 Å². The number of hydrogen-bond acceptors (Lipinski definition) is 3. The van der Waals surface area contributed by atoms with Crippen LogP contribution < -0.4 is 0 Å². The Morgan fingerprint density at radius 1 is 1.18 bits per heavy atom. The zero-order valence-electron chi connectivity index (χ0n) is 12.7. The number of pyridine rings is 1. The lowest BCUT2D eigenvalue weighted by molar-refractivity contribution is -0.140. The van der Waals surface area contributed by atoms with Gasteiger partial charge in [-0.2, -0.15) is 0 Å². The molecule has 1 N–H and O–H groups in total. The number of aromatic nitrogens is 3. The van der Waals surface area contributed by atoms with Crippen LogP contribution in [0.1, 0.15) is 24.1 Å². The molecule has 2 heterocycles. The maximum absolute atomic E-state index is 11.5. The molecule has 0 radical (unpaired) electrons. The number of carboxylic acids is 1. The highest BCUT2D eigenvalue weighted by molar-refractivity contribution is 5.82. The van der Waals surface area contributed by atoms with Crippen LogP contribution in [0.25, 0.3) is 22.6 Å². The van der Waals surface area contributed by atoms with Gasteiger partial charge in [-0.3, -0.25) is 4.57 Å². The minimum Gasteiger partial charge on any atom is -0.480 e. The molecular formula is C17H17N3O2. The smallest absolute Gasteiger partial charge is 0.326 e. The van der Waals surface area contributed by atoms with E-state index in [1.807, 2.05) is 44.2 Å². The first-order valence-corrected chi connectivity index (χ1v) is 7.12. The maximum atomic E-state index is 11.5. The van der Waals surface area contributed by atoms with Gasteiger partial charge in [0.1, 0.15) is 17.4 Å². The van der Waals surface area contributed by atoms with Gasteiger partial charge in [-0.25, -0.2) is 14.8 Å². The van der Waals surface area contributed by atoms with E-state index in [9.17, 15) is 9.90 Å². The summed E-state index contributed by atoms with van der Waals surface area (Å²) in [7, 11) is 0. The summed E-state index contributed by atoms with van der Waals surface area (Å²) in [6.07, 6.45) is 1.73. The lowest BCUT2D eigenvalue weighted by Gasteiger charge is -2.13. The van der Waals surface area contributed by atoms with Crippen molar-refractivity contribution in [2.45, 2.75) is 26.8 Å². The predicted octanol–water partition coefficient (Wildman–Crippen LogP) is 3.36. The largest absolute Gasteiger partial charge is 0.480 e. The number of carbonyl (C=O) groups is 1. The fourth-order valence-electron chi connectivity index (χ4n) is 2.47. The molecule has 0 aliphatic carbocycles. The van der Waals surface area contributed by atoms with Crippen LogP contribution in [0, 0.1) is 13.8 Å². The molecule has 0 spiro atoms. The highest BCUT2D eigenvalue weighted by Gasteiger charge is 2.22. The van der Waals surface area contributed by atoms with Crippen molar-refractivity contribution in [1.29, 1.82) is 0 Å². The van der Waals surface area contributed by atoms with Crippen molar-refractivity contribution in [3.8, 4) is 11.4 Å². The number of fused-ring (bicyclic) bond motifs is 1. The van der Waals surface area contributed by atoms with Gasteiger partial charge in [0, 0.05) is 11.8 Å². The van der Waals surface area contributed by atoms with E-state index in [1.165, 1.54) is 0 Å². The number of imidazole rings is 1. The van der Waals surface area contributed by atoms with Gasteiger partial charge in [0.05, 0.1) is 0 Å². The summed E-state index contributed by atoms with van der Waals surface area (Å²) >= 11 is 0. The lowest BCUT2D eigenvalue weighted by Crippen LogP contribution is -2.17. The SMILES string of the molecule is Cc1ccc(-c2nc3cc(C)cnc3n2C(C)C(=O)O)cc1. The molecule has 22 heavy (non-hydrogen) atoms. The van der Waals surface area contributed by atoms with Crippen molar-refractivity contribution in [1.82, 2.24) is 14.5 Å². The van der Waals surface area contributed by atoms with Crippen molar-refractivity contribution < 1.29 is 9.90 Å². The third-order valence-corrected chi connectivity index (χ3v) is 3.72. The molecule has 5 nitrogen and oxygen atoms in total. The molecule has 5 heteroatoms. The Morgan fingerprint density at radius 3 is 2.50 bits per heavy atom. The average molecular weight is 295 g/mol. The second-order valence-electron chi connectivity index (χ2n) is 5.54. The topological polar surface area (TPSA) is 68.0 Å². The number of benzene rings is 1. The van der Waals surface area contributed by atoms with Gasteiger partial charge in [0.2, 0.25) is 0 Å². The van der Waals surface area contributed by atoms with E-state index in [0.717, 1.165) is 16.7 Å². The fraction of sp³-hybridized carbons (Fsp3) is 0.235. The van der Waals surface area contributed by atoms with E-state index < -0.39 is 12.0 Å². The van der Waals surface area contributed by atoms with Crippen LogP contribution in [-0.2, 0) is 4.79 Å². The molecule has 3 rings (SSSR count). The number of nitrogens with zero attached hydrogens (tertiary/aromatic N) is 3. The van der Waals surface area contributed by atoms with Gasteiger partial charge in [-0.1, -0.05) is 29.8 Å². The second kappa shape index (κ2) is 5.26. The molecular weight excluding hydrogens is 278 g/mol. The van der Waals surface area contributed by atoms with Crippen molar-refractivity contribution in [3.05, 3.63) is 47.7 Å². The Balaban J connectivity index is 2.30. The van der Waals surface area contributed by atoms with Crippen molar-refractivity contribution in [2.75, 3.05) is 0 Å². The Bertz CT molecular complexity index is 850. The van der Waals surface area contributed by atoms with E-state index in [4.69, 9.17) is 0 Å². The molecule has 112 valence electrons. The van der Waals surface area contributed by atoms with Gasteiger partial charge in [-0.15, -0.1) is 0 Å². The maximum Gasteiger partial charge on any atom is 0.326 e. The minimum absolute atomic E-state index is 0.594. The third-order valence-electron chi connectivity index (χ3n) is 3.72. The van der Waals surface area contributed by atoms with Crippen LogP contribution in [-0.4, -0.2) is 25.6 Å². The molecule has 0 bridgehead atoms. The average Bonchev–Trinajstić information content (AvgIpc) is 2.85. The van der Waals surface area contributed by atoms with E-state index >= 15 is 0 Å². The summed E-state index contributed by atoms with van der Waals surface area (Å²) in [5, 5.41) is 9.41. The summed E-state index contributed by atoms with van der Waals surface area (Å²) < 4.78 is 1.68. The zero-order chi connectivity index (χ0) is 15.9. The van der Waals surface area contributed by atoms with Crippen LogP contribution in [0.15, 0.2) is 36.5 Å². The number of carboxylic acid groups (broad SMARTS) is 1. The van der Waals surface area contributed by atoms with E-state index in [2.05, 4.69) is 9.97 Å². The molecule has 0 aliphatic heterocycles. The first kappa shape index (κ1) is 14.3. The highest BCUT2D eigenvalue weighted by Crippen LogP contribution is 2.28. The lowest BCUT2D eigenvalue weighted by atomic mass is 10.1. The zero-order valence-corrected chi connectivity index (χ0v) is 12.7. The number of rotatable bonds is 3. The van der Waals surface area contributed by atoms with Crippen molar-refractivity contribution >= 4 is 17.1 Å². The molecule has 1 atom stereocenters. The number of hydrogen-bond donors (Lipinski definition) is 1. The molecule has 0 fully saturated rings. The summed E-state index contributed by atoms with van der Waals surface area (Å²) in [6, 6.07) is 9.07. The first-order valence-electron chi connectivity index (χ1n) is 7.12. The molecule has 2 aromatic heterocycles. The summed E-state index contributed by atoms with van der Waals surface area (Å²) in [5.74, 6) is -0.280. The van der Waals surface area contributed by atoms with Crippen molar-refractivity contribution in [3.63, 3.8) is 0 Å². The van der Waals surface area contributed by atoms with Crippen LogP contribution in [0.2, 0.25) is 0 Å². The monoisotopic (exact) mass is 295 g/mol. The Kier molecular flexibility index (Phi) is 3.41. The molecule has 0 saturated carbocycles. The van der Waals surface area contributed by atoms with Gasteiger partial charge in [-0.05, 0) is 32.4 Å². The van der Waals surface area contributed by atoms with Crippen molar-refractivity contribution in [2.24, 2.45) is 0 Å². The van der Waals surface area contributed by atoms with Gasteiger partial charge >= 0.3 is 5.97 Å². The molecule has 3 aromatic rings. The normalized spacial score (nSPS) is 12.5. The quantitative estimate of drug-likeness (QED) is 0.804. The Labute approximate surface area is 128 Å². The minimum atomic E-state index is -0.907. The Hall–Kier alpha value is -2.69. The van der Waals surface area contributed by atoms with Gasteiger partial charge < -0.3 is 5.11 Å². The number of aliphatic carboxylic acids is 1. The van der Waals surface area contributed by atoms with E-state index in [0.29, 0.717) is 17.0 Å². The number of aryl methyl sites for hydroxylation is 2. The Morgan fingerprint density at radius 2 is 1.86 bits per heavy atom. The molecule has 0 amide bonds. The van der Waals surface area contributed by atoms with Gasteiger partial charge in [0.15, 0.2) is 5.65 Å². The molecule has 0 aliphatic rings. The van der Waals surface area contributed by atoms with Crippen LogP contribution in [0.4, 0.5) is 0 Å². The first-order chi connectivity index (χ1) is 10.5. The van der Waals surface area contributed by atoms with E-state index in [-0.39, 0.29) is 0 Å². The second-order valence-corrected chi connectivity index (χ2v) is 5.54. The molecule has 0 saturated heterocycles. The summed E-state index contributed by atoms with van der Waals surface area (Å²) in [6.45, 7) is 5.60. The van der Waals surface area contributed by atoms with Gasteiger partial charge in [0.25, 0.3) is 0 Å². The summed E-state index contributed by atoms with van der Waals surface area (Å²) in [4.78, 5) is 20.5.